The third-order valence-electron chi connectivity index (χ3n) is 3.71. The van der Waals surface area contributed by atoms with Crippen molar-refractivity contribution in [2.45, 2.75) is 44.3 Å². The predicted octanol–water partition coefficient (Wildman–Crippen LogP) is -0.0567. The quantitative estimate of drug-likeness (QED) is 0.735. The van der Waals surface area contributed by atoms with Gasteiger partial charge in [-0.1, -0.05) is 0 Å². The monoisotopic (exact) mass is 240 g/mol. The summed E-state index contributed by atoms with van der Waals surface area (Å²) >= 11 is 0. The van der Waals surface area contributed by atoms with Crippen molar-refractivity contribution >= 4 is 11.7 Å². The fraction of sp³-hybridized carbons (Fsp3) is 0.833. The first-order chi connectivity index (χ1) is 8.15. The topological polar surface area (TPSA) is 58.6 Å². The van der Waals surface area contributed by atoms with Crippen LogP contribution in [0.5, 0.6) is 0 Å². The van der Waals surface area contributed by atoms with Crippen molar-refractivity contribution in [3.05, 3.63) is 0 Å². The molecule has 1 N–H and O–H groups in total. The van der Waals surface area contributed by atoms with E-state index in [9.17, 15) is 9.59 Å². The van der Waals surface area contributed by atoms with Gasteiger partial charge in [0.05, 0.1) is 25.3 Å². The number of carbonyl (C=O) groups is 2. The molecule has 2 fully saturated rings. The number of ether oxygens (including phenoxy) is 1. The minimum atomic E-state index is -0.319. The van der Waals surface area contributed by atoms with Gasteiger partial charge < -0.3 is 15.0 Å². The number of nitrogens with zero attached hydrogens (tertiary/aromatic N) is 1. The largest absolute Gasteiger partial charge is 0.377 e. The fourth-order valence-corrected chi connectivity index (χ4v) is 2.76. The SMILES string of the molecule is CN[C@H]1COCC2CCC[C@@H](C(C)=O)N2C1=O. The highest BCUT2D eigenvalue weighted by Crippen LogP contribution is 2.26. The Morgan fingerprint density at radius 3 is 2.82 bits per heavy atom. The normalized spacial score (nSPS) is 34.1. The molecule has 2 rings (SSSR count). The van der Waals surface area contributed by atoms with E-state index >= 15 is 0 Å². The van der Waals surface area contributed by atoms with Crippen LogP contribution < -0.4 is 5.32 Å². The molecule has 0 aliphatic carbocycles. The van der Waals surface area contributed by atoms with Crippen LogP contribution in [0, 0.1) is 0 Å². The molecule has 2 saturated heterocycles. The van der Waals surface area contributed by atoms with E-state index in [1.54, 1.807) is 18.9 Å². The summed E-state index contributed by atoms with van der Waals surface area (Å²) in [6, 6.07) is -0.498. The van der Waals surface area contributed by atoms with Gasteiger partial charge >= 0.3 is 0 Å². The predicted molar refractivity (Wildman–Crippen MR) is 62.6 cm³/mol. The van der Waals surface area contributed by atoms with Crippen LogP contribution in [-0.2, 0) is 14.3 Å². The maximum absolute atomic E-state index is 12.4. The van der Waals surface area contributed by atoms with Gasteiger partial charge in [-0.05, 0) is 33.2 Å². The van der Waals surface area contributed by atoms with E-state index in [1.165, 1.54) is 0 Å². The Hall–Kier alpha value is -0.940. The van der Waals surface area contributed by atoms with Crippen molar-refractivity contribution in [3.63, 3.8) is 0 Å². The number of hydrogen-bond acceptors (Lipinski definition) is 4. The number of rotatable bonds is 2. The van der Waals surface area contributed by atoms with E-state index in [4.69, 9.17) is 4.74 Å². The Labute approximate surface area is 101 Å². The average molecular weight is 240 g/mol. The number of likely N-dealkylation sites (N-methyl/N-ethyl adjacent to an activating group) is 1. The van der Waals surface area contributed by atoms with Gasteiger partial charge in [0, 0.05) is 0 Å². The summed E-state index contributed by atoms with van der Waals surface area (Å²) in [6.45, 7) is 2.51. The molecule has 1 amide bonds. The maximum Gasteiger partial charge on any atom is 0.243 e. The van der Waals surface area contributed by atoms with Crippen LogP contribution in [0.3, 0.4) is 0 Å². The zero-order chi connectivity index (χ0) is 12.4. The Kier molecular flexibility index (Phi) is 3.79. The Morgan fingerprint density at radius 2 is 2.18 bits per heavy atom. The first kappa shape index (κ1) is 12.5. The van der Waals surface area contributed by atoms with Crippen LogP contribution in [0.2, 0.25) is 0 Å². The van der Waals surface area contributed by atoms with Crippen LogP contribution in [0.15, 0.2) is 0 Å². The van der Waals surface area contributed by atoms with Crippen LogP contribution in [0.1, 0.15) is 26.2 Å². The van der Waals surface area contributed by atoms with Crippen molar-refractivity contribution < 1.29 is 14.3 Å². The molecule has 2 aliphatic rings. The molecule has 0 spiro atoms. The molecule has 5 nitrogen and oxygen atoms in total. The van der Waals surface area contributed by atoms with E-state index in [0.717, 1.165) is 19.3 Å². The van der Waals surface area contributed by atoms with Gasteiger partial charge in [-0.3, -0.25) is 9.59 Å². The Bertz CT molecular complexity index is 319. The van der Waals surface area contributed by atoms with Crippen LogP contribution in [-0.4, -0.2) is 55.0 Å². The van der Waals surface area contributed by atoms with E-state index in [-0.39, 0.29) is 29.8 Å². The highest BCUT2D eigenvalue weighted by molar-refractivity contribution is 5.90. The number of piperidine rings is 1. The van der Waals surface area contributed by atoms with Gasteiger partial charge in [0.1, 0.15) is 6.04 Å². The summed E-state index contributed by atoms with van der Waals surface area (Å²) in [6.07, 6.45) is 2.71. The fourth-order valence-electron chi connectivity index (χ4n) is 2.76. The van der Waals surface area contributed by atoms with Gasteiger partial charge in [0.15, 0.2) is 5.78 Å². The maximum atomic E-state index is 12.4. The number of hydrogen-bond donors (Lipinski definition) is 1. The molecular formula is C12H20N2O3. The van der Waals surface area contributed by atoms with Crippen molar-refractivity contribution in [2.75, 3.05) is 20.3 Å². The number of carbonyl (C=O) groups excluding carboxylic acids is 2. The summed E-state index contributed by atoms with van der Waals surface area (Å²) in [5.41, 5.74) is 0. The summed E-state index contributed by atoms with van der Waals surface area (Å²) in [4.78, 5) is 25.8. The number of Topliss-reactive ketones (excluding diaryl/α,β-unsaturated/α-hetero) is 1. The minimum absolute atomic E-state index is 0.00917. The van der Waals surface area contributed by atoms with E-state index < -0.39 is 0 Å². The summed E-state index contributed by atoms with van der Waals surface area (Å²) < 4.78 is 5.53. The minimum Gasteiger partial charge on any atom is -0.377 e. The molecule has 17 heavy (non-hydrogen) atoms. The number of amides is 1. The third-order valence-corrected chi connectivity index (χ3v) is 3.71. The lowest BCUT2D eigenvalue weighted by Gasteiger charge is -2.40. The third kappa shape index (κ3) is 2.35. The molecule has 1 unspecified atom stereocenters. The highest BCUT2D eigenvalue weighted by atomic mass is 16.5. The van der Waals surface area contributed by atoms with Crippen molar-refractivity contribution in [2.24, 2.45) is 0 Å². The molecule has 0 radical (unpaired) electrons. The second kappa shape index (κ2) is 5.14. The molecule has 0 aromatic rings. The molecule has 0 saturated carbocycles. The lowest BCUT2D eigenvalue weighted by atomic mass is 9.93. The van der Waals surface area contributed by atoms with E-state index in [0.29, 0.717) is 13.2 Å². The molecular weight excluding hydrogens is 220 g/mol. The van der Waals surface area contributed by atoms with Gasteiger partial charge in [-0.15, -0.1) is 0 Å². The number of fused-ring (bicyclic) bond motifs is 1. The van der Waals surface area contributed by atoms with Gasteiger partial charge in [-0.2, -0.15) is 0 Å². The second-order valence-electron chi connectivity index (χ2n) is 4.84. The van der Waals surface area contributed by atoms with E-state index in [2.05, 4.69) is 5.32 Å². The summed E-state index contributed by atoms with van der Waals surface area (Å²) in [5, 5.41) is 2.96. The second-order valence-corrected chi connectivity index (χ2v) is 4.84. The van der Waals surface area contributed by atoms with Gasteiger partial charge in [0.2, 0.25) is 5.91 Å². The van der Waals surface area contributed by atoms with Crippen molar-refractivity contribution in [3.8, 4) is 0 Å². The molecule has 96 valence electrons. The molecule has 2 aliphatic heterocycles. The smallest absolute Gasteiger partial charge is 0.243 e. The lowest BCUT2D eigenvalue weighted by molar-refractivity contribution is -0.144. The van der Waals surface area contributed by atoms with E-state index in [1.807, 2.05) is 0 Å². The molecule has 5 heteroatoms. The molecule has 2 heterocycles. The molecule has 3 atom stereocenters. The summed E-state index contributed by atoms with van der Waals surface area (Å²) in [7, 11) is 1.75. The van der Waals surface area contributed by atoms with Crippen molar-refractivity contribution in [1.82, 2.24) is 10.2 Å². The molecule has 0 bridgehead atoms. The molecule has 0 aromatic heterocycles. The van der Waals surface area contributed by atoms with Crippen LogP contribution in [0.4, 0.5) is 0 Å². The Balaban J connectivity index is 2.24. The van der Waals surface area contributed by atoms with Gasteiger partial charge in [-0.25, -0.2) is 0 Å². The van der Waals surface area contributed by atoms with Gasteiger partial charge in [0.25, 0.3) is 0 Å². The first-order valence-electron chi connectivity index (χ1n) is 6.22. The zero-order valence-corrected chi connectivity index (χ0v) is 10.4. The Morgan fingerprint density at radius 1 is 1.41 bits per heavy atom. The lowest BCUT2D eigenvalue weighted by Crippen LogP contribution is -2.57. The average Bonchev–Trinajstić information content (AvgIpc) is 2.48. The molecule has 0 aromatic carbocycles. The zero-order valence-electron chi connectivity index (χ0n) is 10.4. The van der Waals surface area contributed by atoms with Crippen LogP contribution in [0.25, 0.3) is 0 Å². The first-order valence-corrected chi connectivity index (χ1v) is 6.22. The summed E-state index contributed by atoms with van der Waals surface area (Å²) in [5.74, 6) is 0.0923. The number of ketones is 1. The number of nitrogens with one attached hydrogen (secondary N) is 1. The van der Waals surface area contributed by atoms with Crippen LogP contribution >= 0.6 is 0 Å². The standard InChI is InChI=1S/C12H20N2O3/c1-8(15)11-5-3-4-9-6-17-7-10(13-2)12(16)14(9)11/h9-11,13H,3-7H2,1-2H3/t9?,10-,11-/m0/s1. The highest BCUT2D eigenvalue weighted by Gasteiger charge is 2.40. The van der Waals surface area contributed by atoms with Crippen molar-refractivity contribution in [1.29, 1.82) is 0 Å².